The van der Waals surface area contributed by atoms with Gasteiger partial charge in [0.15, 0.2) is 0 Å². The molecule has 2 aromatic rings. The first-order valence-corrected chi connectivity index (χ1v) is 8.38. The number of benzene rings is 1. The van der Waals surface area contributed by atoms with Gasteiger partial charge in [-0.15, -0.1) is 0 Å². The molecule has 0 spiro atoms. The smallest absolute Gasteiger partial charge is 0.215 e. The van der Waals surface area contributed by atoms with Gasteiger partial charge in [0.1, 0.15) is 5.82 Å². The SMILES string of the molecule is O=S(=O)(Cc1ccc(CO)cc1)NCCCc1ncc[nH]1. The summed E-state index contributed by atoms with van der Waals surface area (Å²) >= 11 is 0. The van der Waals surface area contributed by atoms with Crippen LogP contribution in [-0.2, 0) is 28.8 Å². The lowest BCUT2D eigenvalue weighted by Gasteiger charge is -2.07. The van der Waals surface area contributed by atoms with E-state index in [4.69, 9.17) is 5.11 Å². The zero-order chi connectivity index (χ0) is 15.1. The van der Waals surface area contributed by atoms with Crippen molar-refractivity contribution in [2.75, 3.05) is 6.54 Å². The Morgan fingerprint density at radius 2 is 1.90 bits per heavy atom. The van der Waals surface area contributed by atoms with E-state index >= 15 is 0 Å². The number of hydrogen-bond donors (Lipinski definition) is 3. The molecule has 114 valence electrons. The normalized spacial score (nSPS) is 11.7. The summed E-state index contributed by atoms with van der Waals surface area (Å²) in [6.45, 7) is 0.343. The van der Waals surface area contributed by atoms with Crippen LogP contribution in [0.15, 0.2) is 36.7 Å². The second-order valence-corrected chi connectivity index (χ2v) is 6.57. The van der Waals surface area contributed by atoms with Gasteiger partial charge in [0.25, 0.3) is 0 Å². The maximum Gasteiger partial charge on any atom is 0.215 e. The molecule has 1 heterocycles. The van der Waals surface area contributed by atoms with E-state index in [1.807, 2.05) is 0 Å². The predicted molar refractivity (Wildman–Crippen MR) is 79.9 cm³/mol. The van der Waals surface area contributed by atoms with Gasteiger partial charge in [0.2, 0.25) is 10.0 Å². The van der Waals surface area contributed by atoms with Crippen molar-refractivity contribution >= 4 is 10.0 Å². The number of aromatic nitrogens is 2. The van der Waals surface area contributed by atoms with Crippen molar-refractivity contribution < 1.29 is 13.5 Å². The lowest BCUT2D eigenvalue weighted by Crippen LogP contribution is -2.26. The van der Waals surface area contributed by atoms with E-state index in [2.05, 4.69) is 14.7 Å². The van der Waals surface area contributed by atoms with Gasteiger partial charge >= 0.3 is 0 Å². The van der Waals surface area contributed by atoms with Gasteiger partial charge < -0.3 is 10.1 Å². The third-order valence-electron chi connectivity index (χ3n) is 3.03. The molecule has 0 aliphatic heterocycles. The van der Waals surface area contributed by atoms with Crippen LogP contribution >= 0.6 is 0 Å². The highest BCUT2D eigenvalue weighted by molar-refractivity contribution is 7.88. The number of hydrogen-bond acceptors (Lipinski definition) is 4. The molecule has 1 aromatic carbocycles. The maximum atomic E-state index is 11.9. The van der Waals surface area contributed by atoms with E-state index < -0.39 is 10.0 Å². The fourth-order valence-corrected chi connectivity index (χ4v) is 3.12. The van der Waals surface area contributed by atoms with Crippen molar-refractivity contribution in [3.05, 3.63) is 53.6 Å². The van der Waals surface area contributed by atoms with E-state index in [0.717, 1.165) is 11.4 Å². The van der Waals surface area contributed by atoms with E-state index in [1.54, 1.807) is 36.7 Å². The molecule has 21 heavy (non-hydrogen) atoms. The number of nitrogens with zero attached hydrogens (tertiary/aromatic N) is 1. The van der Waals surface area contributed by atoms with Gasteiger partial charge in [-0.2, -0.15) is 0 Å². The first-order valence-electron chi connectivity index (χ1n) is 6.73. The molecule has 0 unspecified atom stereocenters. The van der Waals surface area contributed by atoms with Crippen molar-refractivity contribution in [3.63, 3.8) is 0 Å². The highest BCUT2D eigenvalue weighted by atomic mass is 32.2. The molecule has 3 N–H and O–H groups in total. The molecular weight excluding hydrogens is 290 g/mol. The predicted octanol–water partition coefficient (Wildman–Crippen LogP) is 0.954. The maximum absolute atomic E-state index is 11.9. The van der Waals surface area contributed by atoms with Gasteiger partial charge in [-0.1, -0.05) is 24.3 Å². The number of rotatable bonds is 8. The molecule has 0 saturated heterocycles. The van der Waals surface area contributed by atoms with Crippen molar-refractivity contribution in [1.82, 2.24) is 14.7 Å². The van der Waals surface area contributed by atoms with Crippen LogP contribution in [-0.4, -0.2) is 30.0 Å². The lowest BCUT2D eigenvalue weighted by atomic mass is 10.2. The van der Waals surface area contributed by atoms with Crippen LogP contribution < -0.4 is 4.72 Å². The highest BCUT2D eigenvalue weighted by Gasteiger charge is 2.10. The number of aryl methyl sites for hydroxylation is 1. The Kier molecular flexibility index (Phi) is 5.49. The first-order chi connectivity index (χ1) is 10.1. The van der Waals surface area contributed by atoms with Gasteiger partial charge in [-0.25, -0.2) is 18.1 Å². The molecule has 0 radical (unpaired) electrons. The van der Waals surface area contributed by atoms with E-state index in [9.17, 15) is 8.42 Å². The minimum Gasteiger partial charge on any atom is -0.392 e. The zero-order valence-electron chi connectivity index (χ0n) is 11.6. The van der Waals surface area contributed by atoms with Crippen LogP contribution in [0.25, 0.3) is 0 Å². The van der Waals surface area contributed by atoms with Crippen LogP contribution in [0.5, 0.6) is 0 Å². The van der Waals surface area contributed by atoms with Crippen LogP contribution in [0.1, 0.15) is 23.4 Å². The van der Waals surface area contributed by atoms with Gasteiger partial charge in [0.05, 0.1) is 12.4 Å². The van der Waals surface area contributed by atoms with Gasteiger partial charge in [0, 0.05) is 25.4 Å². The summed E-state index contributed by atoms with van der Waals surface area (Å²) in [4.78, 5) is 7.06. The molecular formula is C14H19N3O3S. The van der Waals surface area contributed by atoms with Crippen LogP contribution in [0.2, 0.25) is 0 Å². The standard InChI is InChI=1S/C14H19N3O3S/c18-10-12-3-5-13(6-4-12)11-21(19,20)17-7-1-2-14-15-8-9-16-14/h3-6,8-9,17-18H,1-2,7,10-11H2,(H,15,16). The second kappa shape index (κ2) is 7.35. The Labute approximate surface area is 124 Å². The number of nitrogens with one attached hydrogen (secondary N) is 2. The number of imidazole rings is 1. The molecule has 0 bridgehead atoms. The summed E-state index contributed by atoms with van der Waals surface area (Å²) in [5.74, 6) is 0.799. The fraction of sp³-hybridized carbons (Fsp3) is 0.357. The Hall–Kier alpha value is -1.70. The molecule has 0 aliphatic rings. The van der Waals surface area contributed by atoms with Gasteiger partial charge in [-0.3, -0.25) is 0 Å². The summed E-state index contributed by atoms with van der Waals surface area (Å²) in [5, 5.41) is 8.94. The molecule has 0 fully saturated rings. The summed E-state index contributed by atoms with van der Waals surface area (Å²) < 4.78 is 26.4. The Morgan fingerprint density at radius 1 is 1.19 bits per heavy atom. The number of aliphatic hydroxyl groups is 1. The van der Waals surface area contributed by atoms with E-state index in [1.165, 1.54) is 0 Å². The minimum atomic E-state index is -3.34. The Morgan fingerprint density at radius 3 is 2.52 bits per heavy atom. The molecule has 2 rings (SSSR count). The van der Waals surface area contributed by atoms with Crippen molar-refractivity contribution in [1.29, 1.82) is 0 Å². The van der Waals surface area contributed by atoms with Crippen LogP contribution in [0.3, 0.4) is 0 Å². The van der Waals surface area contributed by atoms with Crippen molar-refractivity contribution in [2.24, 2.45) is 0 Å². The third-order valence-corrected chi connectivity index (χ3v) is 4.39. The monoisotopic (exact) mass is 309 g/mol. The summed E-state index contributed by atoms with van der Waals surface area (Å²) in [6.07, 6.45) is 4.82. The number of sulfonamides is 1. The highest BCUT2D eigenvalue weighted by Crippen LogP contribution is 2.08. The Balaban J connectivity index is 1.78. The zero-order valence-corrected chi connectivity index (χ0v) is 12.4. The van der Waals surface area contributed by atoms with Crippen LogP contribution in [0, 0.1) is 0 Å². The molecule has 0 saturated carbocycles. The van der Waals surface area contributed by atoms with E-state index in [-0.39, 0.29) is 12.4 Å². The first kappa shape index (κ1) is 15.7. The summed E-state index contributed by atoms with van der Waals surface area (Å²) in [7, 11) is -3.34. The second-order valence-electron chi connectivity index (χ2n) is 4.77. The number of aromatic amines is 1. The number of aliphatic hydroxyl groups excluding tert-OH is 1. The van der Waals surface area contributed by atoms with Crippen molar-refractivity contribution in [3.8, 4) is 0 Å². The average Bonchev–Trinajstić information content (AvgIpc) is 2.97. The van der Waals surface area contributed by atoms with E-state index in [0.29, 0.717) is 24.9 Å². The molecule has 0 aliphatic carbocycles. The minimum absolute atomic E-state index is 0.0436. The largest absolute Gasteiger partial charge is 0.392 e. The fourth-order valence-electron chi connectivity index (χ4n) is 1.93. The quantitative estimate of drug-likeness (QED) is 0.633. The average molecular weight is 309 g/mol. The van der Waals surface area contributed by atoms with Gasteiger partial charge in [-0.05, 0) is 17.5 Å². The Bertz CT molecular complexity index is 637. The lowest BCUT2D eigenvalue weighted by molar-refractivity contribution is 0.282. The molecule has 7 heteroatoms. The summed E-state index contributed by atoms with van der Waals surface area (Å²) in [6, 6.07) is 6.88. The van der Waals surface area contributed by atoms with Crippen LogP contribution in [0.4, 0.5) is 0 Å². The number of H-pyrrole nitrogens is 1. The molecule has 0 atom stereocenters. The third kappa shape index (κ3) is 5.30. The molecule has 1 aromatic heterocycles. The van der Waals surface area contributed by atoms with Crippen molar-refractivity contribution in [2.45, 2.75) is 25.2 Å². The molecule has 6 nitrogen and oxygen atoms in total. The molecule has 0 amide bonds. The summed E-state index contributed by atoms with van der Waals surface area (Å²) in [5.41, 5.74) is 1.47. The topological polar surface area (TPSA) is 95.1 Å².